The summed E-state index contributed by atoms with van der Waals surface area (Å²) in [5.41, 5.74) is 6.55. The van der Waals surface area contributed by atoms with Crippen LogP contribution in [0.5, 0.6) is 0 Å². The molecular formula is C10H17N3O2S. The number of nitrogens with zero attached hydrogens (tertiary/aromatic N) is 2. The molecule has 0 aromatic carbocycles. The maximum Gasteiger partial charge on any atom is 0.321 e. The fourth-order valence-corrected chi connectivity index (χ4v) is 2.14. The van der Waals surface area contributed by atoms with Crippen molar-refractivity contribution in [3.63, 3.8) is 0 Å². The number of aryl methyl sites for hydroxylation is 1. The molecule has 0 spiro atoms. The van der Waals surface area contributed by atoms with Crippen LogP contribution in [-0.2, 0) is 17.6 Å². The third-order valence-electron chi connectivity index (χ3n) is 2.38. The molecular weight excluding hydrogens is 226 g/mol. The van der Waals surface area contributed by atoms with Gasteiger partial charge in [0.25, 0.3) is 0 Å². The van der Waals surface area contributed by atoms with E-state index in [2.05, 4.69) is 5.10 Å². The van der Waals surface area contributed by atoms with Gasteiger partial charge in [-0.3, -0.25) is 9.48 Å². The smallest absolute Gasteiger partial charge is 0.321 e. The van der Waals surface area contributed by atoms with E-state index in [1.165, 1.54) is 11.8 Å². The number of nitrogens with two attached hydrogens (primary N) is 1. The van der Waals surface area contributed by atoms with Crippen molar-refractivity contribution in [1.82, 2.24) is 9.78 Å². The van der Waals surface area contributed by atoms with Gasteiger partial charge >= 0.3 is 5.97 Å². The predicted octanol–water partition coefficient (Wildman–Crippen LogP) is 0.844. The molecule has 1 aromatic rings. The molecule has 0 unspecified atom stereocenters. The van der Waals surface area contributed by atoms with Crippen LogP contribution in [0.3, 0.4) is 0 Å². The molecule has 0 aliphatic rings. The molecule has 0 saturated carbocycles. The second kappa shape index (κ2) is 4.88. The van der Waals surface area contributed by atoms with E-state index >= 15 is 0 Å². The molecule has 5 nitrogen and oxygen atoms in total. The van der Waals surface area contributed by atoms with E-state index in [1.807, 2.05) is 33.2 Å². The van der Waals surface area contributed by atoms with Crippen LogP contribution < -0.4 is 5.73 Å². The van der Waals surface area contributed by atoms with Gasteiger partial charge < -0.3 is 10.8 Å². The molecule has 0 amide bonds. The number of aromatic nitrogens is 2. The molecule has 16 heavy (non-hydrogen) atoms. The third-order valence-corrected chi connectivity index (χ3v) is 3.81. The molecule has 1 heterocycles. The first-order chi connectivity index (χ1) is 7.33. The average molecular weight is 243 g/mol. The molecule has 6 heteroatoms. The fourth-order valence-electron chi connectivity index (χ4n) is 1.19. The maximum atomic E-state index is 10.8. The Morgan fingerprint density at radius 2 is 2.38 bits per heavy atom. The van der Waals surface area contributed by atoms with Gasteiger partial charge in [0.05, 0.1) is 5.69 Å². The van der Waals surface area contributed by atoms with Gasteiger partial charge in [0.15, 0.2) is 0 Å². The van der Waals surface area contributed by atoms with E-state index in [-0.39, 0.29) is 0 Å². The highest BCUT2D eigenvalue weighted by molar-refractivity contribution is 7.99. The predicted molar refractivity (Wildman–Crippen MR) is 64.2 cm³/mol. The summed E-state index contributed by atoms with van der Waals surface area (Å²) in [5, 5.41) is 13.1. The Morgan fingerprint density at radius 3 is 2.81 bits per heavy atom. The summed E-state index contributed by atoms with van der Waals surface area (Å²) in [6.07, 6.45) is 1.86. The van der Waals surface area contributed by atoms with Gasteiger partial charge in [0.2, 0.25) is 0 Å². The first kappa shape index (κ1) is 13.1. The Balaban J connectivity index is 2.57. The topological polar surface area (TPSA) is 81.1 Å². The quantitative estimate of drug-likeness (QED) is 0.801. The lowest BCUT2D eigenvalue weighted by Crippen LogP contribution is -2.46. The van der Waals surface area contributed by atoms with Gasteiger partial charge in [-0.25, -0.2) is 0 Å². The van der Waals surface area contributed by atoms with Crippen molar-refractivity contribution in [3.8, 4) is 0 Å². The van der Waals surface area contributed by atoms with Crippen LogP contribution in [0.2, 0.25) is 0 Å². The van der Waals surface area contributed by atoms with E-state index in [1.54, 1.807) is 4.68 Å². The van der Waals surface area contributed by atoms with E-state index in [0.29, 0.717) is 5.75 Å². The number of rotatable bonds is 5. The van der Waals surface area contributed by atoms with Gasteiger partial charge in [0, 0.05) is 23.7 Å². The summed E-state index contributed by atoms with van der Waals surface area (Å²) < 4.78 is 1.21. The average Bonchev–Trinajstić information content (AvgIpc) is 2.60. The van der Waals surface area contributed by atoms with Gasteiger partial charge in [-0.05, 0) is 19.9 Å². The number of carboxylic acids is 1. The van der Waals surface area contributed by atoms with E-state index < -0.39 is 16.8 Å². The minimum atomic E-state index is -0.974. The highest BCUT2D eigenvalue weighted by Gasteiger charge is 2.32. The van der Waals surface area contributed by atoms with Crippen molar-refractivity contribution >= 4 is 17.7 Å². The molecule has 0 aliphatic heterocycles. The summed E-state index contributed by atoms with van der Waals surface area (Å²) in [7, 11) is 1.85. The minimum absolute atomic E-state index is 0.511. The lowest BCUT2D eigenvalue weighted by atomic mass is 10.1. The summed E-state index contributed by atoms with van der Waals surface area (Å²) >= 11 is 1.50. The molecule has 1 rings (SSSR count). The van der Waals surface area contributed by atoms with E-state index in [0.717, 1.165) is 5.69 Å². The van der Waals surface area contributed by atoms with Crippen LogP contribution >= 0.6 is 11.8 Å². The molecule has 0 radical (unpaired) electrons. The molecule has 0 bridgehead atoms. The highest BCUT2D eigenvalue weighted by atomic mass is 32.2. The SMILES string of the molecule is Cn1ccc(CSC(C)(C)[C@@H](N)C(=O)O)n1. The van der Waals surface area contributed by atoms with Crippen LogP contribution in [-0.4, -0.2) is 31.6 Å². The molecule has 3 N–H and O–H groups in total. The summed E-state index contributed by atoms with van der Waals surface area (Å²) in [4.78, 5) is 10.8. The summed E-state index contributed by atoms with van der Waals surface area (Å²) in [5.74, 6) is -0.312. The van der Waals surface area contributed by atoms with Crippen molar-refractivity contribution in [3.05, 3.63) is 18.0 Å². The zero-order valence-corrected chi connectivity index (χ0v) is 10.5. The Bertz CT molecular complexity index is 376. The number of aliphatic carboxylic acids is 1. The molecule has 0 fully saturated rings. The van der Waals surface area contributed by atoms with Crippen molar-refractivity contribution < 1.29 is 9.90 Å². The van der Waals surface area contributed by atoms with Crippen molar-refractivity contribution in [2.24, 2.45) is 12.8 Å². The number of hydrogen-bond donors (Lipinski definition) is 2. The van der Waals surface area contributed by atoms with Gasteiger partial charge in [0.1, 0.15) is 6.04 Å². The van der Waals surface area contributed by atoms with Crippen LogP contribution in [0.4, 0.5) is 0 Å². The van der Waals surface area contributed by atoms with Crippen molar-refractivity contribution in [1.29, 1.82) is 0 Å². The van der Waals surface area contributed by atoms with Gasteiger partial charge in [-0.15, -0.1) is 11.8 Å². The highest BCUT2D eigenvalue weighted by Crippen LogP contribution is 2.30. The number of carboxylic acid groups (broad SMARTS) is 1. The summed E-state index contributed by atoms with van der Waals surface area (Å²) in [6, 6.07) is 1.04. The second-order valence-electron chi connectivity index (χ2n) is 4.19. The van der Waals surface area contributed by atoms with Crippen molar-refractivity contribution in [2.75, 3.05) is 0 Å². The molecule has 1 aromatic heterocycles. The molecule has 90 valence electrons. The fraction of sp³-hybridized carbons (Fsp3) is 0.600. The lowest BCUT2D eigenvalue weighted by molar-refractivity contribution is -0.139. The number of carbonyl (C=O) groups is 1. The van der Waals surface area contributed by atoms with Crippen LogP contribution in [0.1, 0.15) is 19.5 Å². The van der Waals surface area contributed by atoms with Gasteiger partial charge in [-0.2, -0.15) is 5.10 Å². The normalized spacial score (nSPS) is 13.8. The number of hydrogen-bond acceptors (Lipinski definition) is 4. The second-order valence-corrected chi connectivity index (χ2v) is 5.82. The van der Waals surface area contributed by atoms with Gasteiger partial charge in [-0.1, -0.05) is 0 Å². The molecule has 0 saturated heterocycles. The Labute approximate surface area is 99.0 Å². The Morgan fingerprint density at radius 1 is 1.75 bits per heavy atom. The van der Waals surface area contributed by atoms with E-state index in [9.17, 15) is 4.79 Å². The Kier molecular flexibility index (Phi) is 3.98. The molecule has 0 aliphatic carbocycles. The number of thioether (sulfide) groups is 1. The zero-order valence-electron chi connectivity index (χ0n) is 9.67. The van der Waals surface area contributed by atoms with E-state index in [4.69, 9.17) is 10.8 Å². The minimum Gasteiger partial charge on any atom is -0.480 e. The molecule has 1 atom stereocenters. The monoisotopic (exact) mass is 243 g/mol. The lowest BCUT2D eigenvalue weighted by Gasteiger charge is -2.27. The third kappa shape index (κ3) is 3.24. The maximum absolute atomic E-state index is 10.8. The standard InChI is InChI=1S/C10H17N3O2S/c1-10(2,8(11)9(14)15)16-6-7-4-5-13(3)12-7/h4-5,8H,6,11H2,1-3H3,(H,14,15)/t8-/m0/s1. The zero-order chi connectivity index (χ0) is 12.3. The van der Waals surface area contributed by atoms with Crippen LogP contribution in [0.15, 0.2) is 12.3 Å². The first-order valence-electron chi connectivity index (χ1n) is 4.94. The van der Waals surface area contributed by atoms with Crippen LogP contribution in [0, 0.1) is 0 Å². The largest absolute Gasteiger partial charge is 0.480 e. The summed E-state index contributed by atoms with van der Waals surface area (Å²) in [6.45, 7) is 3.67. The first-order valence-corrected chi connectivity index (χ1v) is 5.92. The van der Waals surface area contributed by atoms with Crippen molar-refractivity contribution in [2.45, 2.75) is 30.4 Å². The Hall–Kier alpha value is -1.01. The van der Waals surface area contributed by atoms with Crippen LogP contribution in [0.25, 0.3) is 0 Å².